The van der Waals surface area contributed by atoms with Crippen LogP contribution in [-0.2, 0) is 20.7 Å². The standard InChI is InChI=1S/C13H14N2O5/c1-3-20-13(17)12-7-9-6-10(15(18)19)4-5-11(9)14(12)8(2)16/h4-6,12H,3,7H2,1-2H3/t12-/m0/s1. The Morgan fingerprint density at radius 3 is 2.75 bits per heavy atom. The number of nitrogens with zero attached hydrogens (tertiary/aromatic N) is 2. The molecule has 20 heavy (non-hydrogen) atoms. The van der Waals surface area contributed by atoms with Crippen molar-refractivity contribution >= 4 is 23.3 Å². The van der Waals surface area contributed by atoms with Crippen LogP contribution in [0.3, 0.4) is 0 Å². The van der Waals surface area contributed by atoms with Crippen LogP contribution in [0.4, 0.5) is 11.4 Å². The molecule has 1 aromatic carbocycles. The molecule has 1 aliphatic heterocycles. The summed E-state index contributed by atoms with van der Waals surface area (Å²) in [5.41, 5.74) is 1.07. The summed E-state index contributed by atoms with van der Waals surface area (Å²) in [7, 11) is 0. The Balaban J connectivity index is 2.40. The summed E-state index contributed by atoms with van der Waals surface area (Å²) in [5.74, 6) is -0.794. The van der Waals surface area contributed by atoms with E-state index < -0.39 is 16.9 Å². The van der Waals surface area contributed by atoms with Gasteiger partial charge < -0.3 is 4.74 Å². The maximum Gasteiger partial charge on any atom is 0.329 e. The first-order valence-electron chi connectivity index (χ1n) is 6.19. The Bertz CT molecular complexity index is 584. The van der Waals surface area contributed by atoms with Crippen molar-refractivity contribution in [3.8, 4) is 0 Å². The molecule has 0 fully saturated rings. The molecule has 0 saturated carbocycles. The number of rotatable bonds is 3. The number of hydrogen-bond acceptors (Lipinski definition) is 5. The fourth-order valence-electron chi connectivity index (χ4n) is 2.37. The molecule has 0 radical (unpaired) electrons. The van der Waals surface area contributed by atoms with Crippen LogP contribution in [0, 0.1) is 10.1 Å². The van der Waals surface area contributed by atoms with E-state index in [0.29, 0.717) is 11.3 Å². The molecule has 1 aliphatic rings. The van der Waals surface area contributed by atoms with Gasteiger partial charge in [0.1, 0.15) is 6.04 Å². The zero-order valence-electron chi connectivity index (χ0n) is 11.2. The molecule has 0 aromatic heterocycles. The van der Waals surface area contributed by atoms with Crippen molar-refractivity contribution in [3.05, 3.63) is 33.9 Å². The summed E-state index contributed by atoms with van der Waals surface area (Å²) < 4.78 is 4.95. The van der Waals surface area contributed by atoms with Gasteiger partial charge in [-0.1, -0.05) is 0 Å². The average molecular weight is 278 g/mol. The second-order valence-electron chi connectivity index (χ2n) is 4.43. The van der Waals surface area contributed by atoms with Crippen LogP contribution in [0.15, 0.2) is 18.2 Å². The Kier molecular flexibility index (Phi) is 3.69. The highest BCUT2D eigenvalue weighted by Crippen LogP contribution is 2.35. The Morgan fingerprint density at radius 1 is 1.50 bits per heavy atom. The van der Waals surface area contributed by atoms with E-state index in [1.807, 2.05) is 0 Å². The predicted molar refractivity (Wildman–Crippen MR) is 70.4 cm³/mol. The molecule has 0 saturated heterocycles. The summed E-state index contributed by atoms with van der Waals surface area (Å²) in [6.07, 6.45) is 0.232. The Morgan fingerprint density at radius 2 is 2.20 bits per heavy atom. The number of esters is 1. The van der Waals surface area contributed by atoms with Gasteiger partial charge in [-0.15, -0.1) is 0 Å². The number of carbonyl (C=O) groups excluding carboxylic acids is 2. The summed E-state index contributed by atoms with van der Waals surface area (Å²) in [4.78, 5) is 35.2. The van der Waals surface area contributed by atoms with Crippen LogP contribution in [-0.4, -0.2) is 29.4 Å². The lowest BCUT2D eigenvalue weighted by Crippen LogP contribution is -2.42. The Labute approximate surface area is 115 Å². The molecule has 0 N–H and O–H groups in total. The molecule has 0 aliphatic carbocycles. The lowest BCUT2D eigenvalue weighted by atomic mass is 10.1. The van der Waals surface area contributed by atoms with Gasteiger partial charge in [0, 0.05) is 31.2 Å². The number of nitro groups is 1. The number of nitro benzene ring substituents is 1. The lowest BCUT2D eigenvalue weighted by Gasteiger charge is -2.22. The van der Waals surface area contributed by atoms with Gasteiger partial charge in [0.05, 0.1) is 11.5 Å². The third kappa shape index (κ3) is 2.34. The first-order valence-corrected chi connectivity index (χ1v) is 6.19. The van der Waals surface area contributed by atoms with Gasteiger partial charge in [-0.25, -0.2) is 4.79 Å². The largest absolute Gasteiger partial charge is 0.464 e. The summed E-state index contributed by atoms with van der Waals surface area (Å²) >= 11 is 0. The molecule has 1 amide bonds. The van der Waals surface area contributed by atoms with E-state index in [1.165, 1.54) is 30.0 Å². The molecule has 0 bridgehead atoms. The van der Waals surface area contributed by atoms with Crippen molar-refractivity contribution < 1.29 is 19.2 Å². The highest BCUT2D eigenvalue weighted by atomic mass is 16.6. The molecule has 106 valence electrons. The molecule has 2 rings (SSSR count). The van der Waals surface area contributed by atoms with E-state index in [0.717, 1.165) is 0 Å². The molecular weight excluding hydrogens is 264 g/mol. The van der Waals surface area contributed by atoms with Gasteiger partial charge in [-0.3, -0.25) is 19.8 Å². The van der Waals surface area contributed by atoms with Crippen molar-refractivity contribution in [2.45, 2.75) is 26.3 Å². The third-order valence-corrected chi connectivity index (χ3v) is 3.16. The second kappa shape index (κ2) is 5.28. The van der Waals surface area contributed by atoms with E-state index in [4.69, 9.17) is 4.74 Å². The minimum Gasteiger partial charge on any atom is -0.464 e. The SMILES string of the molecule is CCOC(=O)[C@@H]1Cc2cc([N+](=O)[O-])ccc2N1C(C)=O. The van der Waals surface area contributed by atoms with Gasteiger partial charge in [-0.05, 0) is 18.6 Å². The molecular formula is C13H14N2O5. The Hall–Kier alpha value is -2.44. The van der Waals surface area contributed by atoms with Crippen LogP contribution in [0.1, 0.15) is 19.4 Å². The van der Waals surface area contributed by atoms with Crippen molar-refractivity contribution in [1.29, 1.82) is 0 Å². The maximum absolute atomic E-state index is 11.9. The van der Waals surface area contributed by atoms with Gasteiger partial charge in [-0.2, -0.15) is 0 Å². The predicted octanol–water partition coefficient (Wildman–Crippen LogP) is 1.44. The fourth-order valence-corrected chi connectivity index (χ4v) is 2.37. The average Bonchev–Trinajstić information content (AvgIpc) is 2.77. The van der Waals surface area contributed by atoms with Crippen LogP contribution in [0.2, 0.25) is 0 Å². The topological polar surface area (TPSA) is 89.8 Å². The zero-order valence-corrected chi connectivity index (χ0v) is 11.2. The second-order valence-corrected chi connectivity index (χ2v) is 4.43. The van der Waals surface area contributed by atoms with Crippen molar-refractivity contribution in [1.82, 2.24) is 0 Å². The fraction of sp³-hybridized carbons (Fsp3) is 0.385. The number of hydrogen-bond donors (Lipinski definition) is 0. The van der Waals surface area contributed by atoms with E-state index in [2.05, 4.69) is 0 Å². The number of non-ortho nitro benzene ring substituents is 1. The molecule has 7 nitrogen and oxygen atoms in total. The molecule has 0 unspecified atom stereocenters. The lowest BCUT2D eigenvalue weighted by molar-refractivity contribution is -0.384. The van der Waals surface area contributed by atoms with Crippen molar-refractivity contribution in [3.63, 3.8) is 0 Å². The molecule has 7 heteroatoms. The number of benzene rings is 1. The van der Waals surface area contributed by atoms with Crippen molar-refractivity contribution in [2.75, 3.05) is 11.5 Å². The number of ether oxygens (including phenoxy) is 1. The normalized spacial score (nSPS) is 16.7. The van der Waals surface area contributed by atoms with Gasteiger partial charge in [0.2, 0.25) is 5.91 Å². The van der Waals surface area contributed by atoms with Crippen LogP contribution in [0.5, 0.6) is 0 Å². The van der Waals surface area contributed by atoms with Crippen molar-refractivity contribution in [2.24, 2.45) is 0 Å². The molecule has 0 spiro atoms. The van der Waals surface area contributed by atoms with Gasteiger partial charge in [0.15, 0.2) is 0 Å². The summed E-state index contributed by atoms with van der Waals surface area (Å²) in [6.45, 7) is 3.25. The first-order chi connectivity index (χ1) is 9.45. The maximum atomic E-state index is 11.9. The van der Waals surface area contributed by atoms with Crippen LogP contribution >= 0.6 is 0 Å². The van der Waals surface area contributed by atoms with E-state index in [1.54, 1.807) is 6.92 Å². The number of amides is 1. The quantitative estimate of drug-likeness (QED) is 0.474. The summed E-state index contributed by atoms with van der Waals surface area (Å²) in [5, 5.41) is 10.8. The van der Waals surface area contributed by atoms with Crippen LogP contribution in [0.25, 0.3) is 0 Å². The van der Waals surface area contributed by atoms with E-state index in [9.17, 15) is 19.7 Å². The number of fused-ring (bicyclic) bond motifs is 1. The molecule has 1 heterocycles. The zero-order chi connectivity index (χ0) is 14.9. The molecule has 1 aromatic rings. The minimum absolute atomic E-state index is 0.0586. The van der Waals surface area contributed by atoms with E-state index >= 15 is 0 Å². The first kappa shape index (κ1) is 14.0. The third-order valence-electron chi connectivity index (χ3n) is 3.16. The smallest absolute Gasteiger partial charge is 0.329 e. The highest BCUT2D eigenvalue weighted by Gasteiger charge is 2.38. The monoisotopic (exact) mass is 278 g/mol. The van der Waals surface area contributed by atoms with Gasteiger partial charge in [0.25, 0.3) is 5.69 Å². The number of anilines is 1. The minimum atomic E-state index is -0.746. The number of carbonyl (C=O) groups is 2. The highest BCUT2D eigenvalue weighted by molar-refractivity contribution is 6.01. The van der Waals surface area contributed by atoms with Gasteiger partial charge >= 0.3 is 5.97 Å². The van der Waals surface area contributed by atoms with E-state index in [-0.39, 0.29) is 24.6 Å². The summed E-state index contributed by atoms with van der Waals surface area (Å²) in [6, 6.07) is 3.46. The van der Waals surface area contributed by atoms with Crippen LogP contribution < -0.4 is 4.90 Å². The molecule has 1 atom stereocenters.